The minimum absolute atomic E-state index is 0.242. The highest BCUT2D eigenvalue weighted by atomic mass is 19.1. The third-order valence-electron chi connectivity index (χ3n) is 6.68. The molecule has 3 heteroatoms. The first kappa shape index (κ1) is 22.4. The van der Waals surface area contributed by atoms with Gasteiger partial charge < -0.3 is 9.47 Å². The average Bonchev–Trinajstić information content (AvgIpc) is 2.83. The molecule has 4 rings (SSSR count). The topological polar surface area (TPSA) is 18.5 Å². The molecule has 1 saturated carbocycles. The number of aryl methyl sites for hydroxylation is 1. The van der Waals surface area contributed by atoms with Gasteiger partial charge in [0.1, 0.15) is 11.5 Å². The molecule has 0 amide bonds. The van der Waals surface area contributed by atoms with Crippen molar-refractivity contribution in [2.75, 3.05) is 6.61 Å². The number of ether oxygens (including phenoxy) is 2. The van der Waals surface area contributed by atoms with Crippen molar-refractivity contribution in [2.24, 2.45) is 0 Å². The van der Waals surface area contributed by atoms with Crippen LogP contribution >= 0.6 is 0 Å². The smallest absolute Gasteiger partial charge is 0.165 e. The van der Waals surface area contributed by atoms with Crippen LogP contribution in [0.1, 0.15) is 63.0 Å². The quantitative estimate of drug-likeness (QED) is 0.339. The second-order valence-electron chi connectivity index (χ2n) is 8.83. The number of para-hydroxylation sites is 1. The van der Waals surface area contributed by atoms with Crippen molar-refractivity contribution >= 4 is 0 Å². The van der Waals surface area contributed by atoms with Crippen LogP contribution in [-0.2, 0) is 11.8 Å². The van der Waals surface area contributed by atoms with Gasteiger partial charge >= 0.3 is 0 Å². The van der Waals surface area contributed by atoms with Crippen LogP contribution in [0.25, 0.3) is 0 Å². The minimum Gasteiger partial charge on any atom is -0.494 e. The number of hydrogen-bond donors (Lipinski definition) is 0. The van der Waals surface area contributed by atoms with Gasteiger partial charge in [0.2, 0.25) is 0 Å². The zero-order valence-corrected chi connectivity index (χ0v) is 19.0. The third-order valence-corrected chi connectivity index (χ3v) is 6.68. The third kappa shape index (κ3) is 5.51. The molecule has 2 nitrogen and oxygen atoms in total. The first-order chi connectivity index (χ1) is 15.7. The zero-order chi connectivity index (χ0) is 22.2. The van der Waals surface area contributed by atoms with E-state index in [1.54, 1.807) is 0 Å². The Bertz CT molecular complexity index is 976. The molecule has 1 aliphatic carbocycles. The molecule has 0 N–H and O–H groups in total. The summed E-state index contributed by atoms with van der Waals surface area (Å²) in [5.41, 5.74) is 2.80. The van der Waals surface area contributed by atoms with E-state index in [1.165, 1.54) is 43.7 Å². The summed E-state index contributed by atoms with van der Waals surface area (Å²) in [6.45, 7) is 2.71. The van der Waals surface area contributed by atoms with Crippen molar-refractivity contribution in [1.29, 1.82) is 0 Å². The van der Waals surface area contributed by atoms with Crippen molar-refractivity contribution in [2.45, 2.75) is 63.7 Å². The van der Waals surface area contributed by atoms with Crippen molar-refractivity contribution in [3.05, 3.63) is 89.7 Å². The van der Waals surface area contributed by atoms with Crippen LogP contribution in [0, 0.1) is 5.82 Å². The van der Waals surface area contributed by atoms with Gasteiger partial charge in [-0.2, -0.15) is 0 Å². The second-order valence-corrected chi connectivity index (χ2v) is 8.83. The van der Waals surface area contributed by atoms with Gasteiger partial charge in [-0.25, -0.2) is 4.39 Å². The van der Waals surface area contributed by atoms with Crippen LogP contribution in [0.15, 0.2) is 72.8 Å². The molecule has 32 heavy (non-hydrogen) atoms. The van der Waals surface area contributed by atoms with E-state index in [0.717, 1.165) is 30.6 Å². The molecule has 3 aromatic rings. The molecule has 0 saturated heterocycles. The zero-order valence-electron chi connectivity index (χ0n) is 19.0. The Morgan fingerprint density at radius 2 is 1.59 bits per heavy atom. The highest BCUT2D eigenvalue weighted by molar-refractivity contribution is 5.36. The number of rotatable bonds is 9. The molecule has 0 radical (unpaired) electrons. The fourth-order valence-electron chi connectivity index (χ4n) is 5.01. The summed E-state index contributed by atoms with van der Waals surface area (Å²) in [5.74, 6) is 1.57. The number of benzene rings is 3. The predicted octanol–water partition coefficient (Wildman–Crippen LogP) is 8.24. The molecule has 0 heterocycles. The van der Waals surface area contributed by atoms with E-state index >= 15 is 0 Å². The molecular formula is C29H33FO2. The Balaban J connectivity index is 1.43. The van der Waals surface area contributed by atoms with Crippen LogP contribution in [0.4, 0.5) is 4.39 Å². The summed E-state index contributed by atoms with van der Waals surface area (Å²) in [5, 5.41) is 0. The van der Waals surface area contributed by atoms with Crippen molar-refractivity contribution in [1.82, 2.24) is 0 Å². The molecule has 1 aliphatic rings. The Morgan fingerprint density at radius 3 is 2.31 bits per heavy atom. The van der Waals surface area contributed by atoms with Gasteiger partial charge in [-0.1, -0.05) is 55.7 Å². The van der Waals surface area contributed by atoms with Crippen LogP contribution in [0.2, 0.25) is 0 Å². The highest BCUT2D eigenvalue weighted by Crippen LogP contribution is 2.43. The van der Waals surface area contributed by atoms with Crippen LogP contribution in [0.3, 0.4) is 0 Å². The molecule has 0 atom stereocenters. The van der Waals surface area contributed by atoms with Crippen molar-refractivity contribution < 1.29 is 13.9 Å². The van der Waals surface area contributed by atoms with E-state index in [0.29, 0.717) is 18.1 Å². The highest BCUT2D eigenvalue weighted by Gasteiger charge is 2.33. The van der Waals surface area contributed by atoms with Crippen molar-refractivity contribution in [3.63, 3.8) is 0 Å². The van der Waals surface area contributed by atoms with Gasteiger partial charge in [0.05, 0.1) is 6.61 Å². The van der Waals surface area contributed by atoms with Crippen molar-refractivity contribution in [3.8, 4) is 17.2 Å². The maximum Gasteiger partial charge on any atom is 0.165 e. The van der Waals surface area contributed by atoms with Gasteiger partial charge in [0.25, 0.3) is 0 Å². The summed E-state index contributed by atoms with van der Waals surface area (Å²) in [6.07, 6.45) is 9.54. The normalized spacial score (nSPS) is 15.3. The SMILES string of the molecule is CCOc1ccc(C2(CCCc3ccc(F)c(Oc4ccccc4)c3)CCCCC2)cc1. The summed E-state index contributed by atoms with van der Waals surface area (Å²) in [6, 6.07) is 23.4. The van der Waals surface area contributed by atoms with E-state index in [1.807, 2.05) is 49.4 Å². The Labute approximate surface area is 191 Å². The fraction of sp³-hybridized carbons (Fsp3) is 0.379. The molecule has 0 unspecified atom stereocenters. The van der Waals surface area contributed by atoms with Gasteiger partial charge in [0.15, 0.2) is 11.6 Å². The van der Waals surface area contributed by atoms with E-state index in [2.05, 4.69) is 24.3 Å². The molecule has 0 spiro atoms. The summed E-state index contributed by atoms with van der Waals surface area (Å²) < 4.78 is 25.7. The molecule has 0 aromatic heterocycles. The fourth-order valence-corrected chi connectivity index (χ4v) is 5.01. The van der Waals surface area contributed by atoms with Gasteiger partial charge in [-0.05, 0) is 92.0 Å². The van der Waals surface area contributed by atoms with Crippen LogP contribution < -0.4 is 9.47 Å². The molecule has 0 bridgehead atoms. The first-order valence-corrected chi connectivity index (χ1v) is 11.9. The lowest BCUT2D eigenvalue weighted by Gasteiger charge is -2.38. The maximum absolute atomic E-state index is 14.3. The van der Waals surface area contributed by atoms with E-state index in [4.69, 9.17) is 9.47 Å². The monoisotopic (exact) mass is 432 g/mol. The Hall–Kier alpha value is -2.81. The van der Waals surface area contributed by atoms with Crippen LogP contribution in [0.5, 0.6) is 17.2 Å². The molecule has 1 fully saturated rings. The number of halogens is 1. The largest absolute Gasteiger partial charge is 0.494 e. The van der Waals surface area contributed by atoms with Crippen LogP contribution in [-0.4, -0.2) is 6.61 Å². The van der Waals surface area contributed by atoms with E-state index < -0.39 is 0 Å². The number of hydrogen-bond acceptors (Lipinski definition) is 2. The van der Waals surface area contributed by atoms with Gasteiger partial charge in [-0.3, -0.25) is 0 Å². The molecule has 3 aromatic carbocycles. The van der Waals surface area contributed by atoms with E-state index in [9.17, 15) is 4.39 Å². The standard InChI is InChI=1S/C29H33FO2/c1-2-31-25-16-14-24(15-17-25)29(19-7-4-8-20-29)21-9-10-23-13-18-27(30)28(22-23)32-26-11-5-3-6-12-26/h3,5-6,11-18,22H,2,4,7-10,19-21H2,1H3. The Kier molecular flexibility index (Phi) is 7.47. The average molecular weight is 433 g/mol. The molecular weight excluding hydrogens is 399 g/mol. The predicted molar refractivity (Wildman–Crippen MR) is 128 cm³/mol. The first-order valence-electron chi connectivity index (χ1n) is 11.9. The minimum atomic E-state index is -0.323. The van der Waals surface area contributed by atoms with Gasteiger partial charge in [-0.15, -0.1) is 0 Å². The van der Waals surface area contributed by atoms with E-state index in [-0.39, 0.29) is 11.2 Å². The Morgan fingerprint density at radius 1 is 0.844 bits per heavy atom. The summed E-state index contributed by atoms with van der Waals surface area (Å²) in [7, 11) is 0. The summed E-state index contributed by atoms with van der Waals surface area (Å²) in [4.78, 5) is 0. The lowest BCUT2D eigenvalue weighted by Crippen LogP contribution is -2.29. The lowest BCUT2D eigenvalue weighted by molar-refractivity contribution is 0.268. The summed E-state index contributed by atoms with van der Waals surface area (Å²) >= 11 is 0. The lowest BCUT2D eigenvalue weighted by atomic mass is 9.66. The second kappa shape index (κ2) is 10.7. The molecule has 168 valence electrons. The molecule has 0 aliphatic heterocycles. The van der Waals surface area contributed by atoms with Gasteiger partial charge in [0, 0.05) is 0 Å². The maximum atomic E-state index is 14.3.